The summed E-state index contributed by atoms with van der Waals surface area (Å²) in [4.78, 5) is 41.7. The van der Waals surface area contributed by atoms with E-state index in [1.165, 1.54) is 10.1 Å². The fourth-order valence-electron chi connectivity index (χ4n) is 5.01. The molecule has 30 heavy (non-hydrogen) atoms. The Morgan fingerprint density at radius 2 is 1.90 bits per heavy atom. The van der Waals surface area contributed by atoms with Crippen LogP contribution in [-0.2, 0) is 24.7 Å². The zero-order chi connectivity index (χ0) is 21.0. The predicted octanol–water partition coefficient (Wildman–Crippen LogP) is 1.30. The molecule has 3 aliphatic rings. The molecular formula is C23H25N3O4. The molecule has 3 aliphatic heterocycles. The van der Waals surface area contributed by atoms with Crippen molar-refractivity contribution in [3.63, 3.8) is 0 Å². The molecule has 1 aromatic carbocycles. The largest absolute Gasteiger partial charge is 0.493 e. The van der Waals surface area contributed by atoms with Gasteiger partial charge >= 0.3 is 0 Å². The number of hydrogen-bond donors (Lipinski definition) is 0. The van der Waals surface area contributed by atoms with Crippen LogP contribution in [0.2, 0.25) is 0 Å². The molecule has 0 saturated carbocycles. The number of pyridine rings is 1. The van der Waals surface area contributed by atoms with E-state index >= 15 is 0 Å². The van der Waals surface area contributed by atoms with E-state index in [2.05, 4.69) is 6.07 Å². The maximum Gasteiger partial charge on any atom is 0.255 e. The van der Waals surface area contributed by atoms with Crippen molar-refractivity contribution in [2.75, 3.05) is 19.7 Å². The van der Waals surface area contributed by atoms with Gasteiger partial charge in [-0.15, -0.1) is 0 Å². The molecule has 5 rings (SSSR count). The van der Waals surface area contributed by atoms with E-state index in [1.807, 2.05) is 21.9 Å². The third-order valence-electron chi connectivity index (χ3n) is 6.54. The van der Waals surface area contributed by atoms with Gasteiger partial charge in [0.25, 0.3) is 11.5 Å². The number of aryl methyl sites for hydroxylation is 2. The number of benzene rings is 1. The standard InChI is InChI=1S/C23H25N3O4/c1-14-7-17(11-24(2)22(14)28)23(29)26-13-18-10-19(26)12-25(18)21(27)9-15-3-4-20-16(8-15)5-6-30-20/h3-4,7-8,11,18-19H,5-6,9-10,12-13H2,1-2H3/t18-,19-/m0/s1. The van der Waals surface area contributed by atoms with Crippen LogP contribution in [0, 0.1) is 6.92 Å². The first kappa shape index (κ1) is 18.9. The van der Waals surface area contributed by atoms with Crippen molar-refractivity contribution in [2.45, 2.75) is 38.3 Å². The Morgan fingerprint density at radius 1 is 1.13 bits per heavy atom. The SMILES string of the molecule is Cc1cc(C(=O)N2C[C@@H]3C[C@H]2CN3C(=O)Cc2ccc3c(c2)CCO3)cn(C)c1=O. The molecule has 0 spiro atoms. The van der Waals surface area contributed by atoms with Crippen LogP contribution in [0.4, 0.5) is 0 Å². The molecule has 0 unspecified atom stereocenters. The topological polar surface area (TPSA) is 71.9 Å². The van der Waals surface area contributed by atoms with E-state index in [-0.39, 0.29) is 29.5 Å². The number of likely N-dealkylation sites (tertiary alicyclic amines) is 2. The Bertz CT molecular complexity index is 1080. The molecule has 4 heterocycles. The van der Waals surface area contributed by atoms with Gasteiger partial charge in [0, 0.05) is 38.3 Å². The van der Waals surface area contributed by atoms with Crippen molar-refractivity contribution in [3.05, 3.63) is 63.1 Å². The maximum absolute atomic E-state index is 13.0. The van der Waals surface area contributed by atoms with E-state index in [1.54, 1.807) is 26.2 Å². The van der Waals surface area contributed by atoms with Crippen molar-refractivity contribution in [2.24, 2.45) is 7.05 Å². The summed E-state index contributed by atoms with van der Waals surface area (Å²) in [5, 5.41) is 0. The number of nitrogens with zero attached hydrogens (tertiary/aromatic N) is 3. The molecule has 2 bridgehead atoms. The average molecular weight is 407 g/mol. The summed E-state index contributed by atoms with van der Waals surface area (Å²) in [5.41, 5.74) is 3.18. The number of rotatable bonds is 3. The molecule has 156 valence electrons. The lowest BCUT2D eigenvalue weighted by Gasteiger charge is -2.34. The Kier molecular flexibility index (Phi) is 4.41. The highest BCUT2D eigenvalue weighted by Crippen LogP contribution is 2.33. The van der Waals surface area contributed by atoms with Crippen LogP contribution in [0.3, 0.4) is 0 Å². The molecule has 2 atom stereocenters. The Hall–Kier alpha value is -3.09. The molecule has 0 aliphatic carbocycles. The average Bonchev–Trinajstić information content (AvgIpc) is 3.45. The number of carbonyl (C=O) groups excluding carboxylic acids is 2. The number of piperazine rings is 1. The van der Waals surface area contributed by atoms with Crippen LogP contribution in [0.15, 0.2) is 35.3 Å². The third kappa shape index (κ3) is 3.09. The van der Waals surface area contributed by atoms with E-state index < -0.39 is 0 Å². The highest BCUT2D eigenvalue weighted by molar-refractivity contribution is 5.95. The monoisotopic (exact) mass is 407 g/mol. The number of aromatic nitrogens is 1. The fourth-order valence-corrected chi connectivity index (χ4v) is 5.01. The van der Waals surface area contributed by atoms with E-state index in [9.17, 15) is 14.4 Å². The maximum atomic E-state index is 13.0. The number of ether oxygens (including phenoxy) is 1. The minimum absolute atomic E-state index is 0.0393. The van der Waals surface area contributed by atoms with Crippen LogP contribution in [0.5, 0.6) is 5.75 Å². The summed E-state index contributed by atoms with van der Waals surface area (Å²) in [7, 11) is 1.66. The van der Waals surface area contributed by atoms with Gasteiger partial charge in [-0.05, 0) is 36.6 Å². The normalized spacial score (nSPS) is 21.7. The van der Waals surface area contributed by atoms with E-state index in [0.717, 1.165) is 24.2 Å². The fraction of sp³-hybridized carbons (Fsp3) is 0.435. The summed E-state index contributed by atoms with van der Waals surface area (Å²) < 4.78 is 6.99. The zero-order valence-electron chi connectivity index (χ0n) is 17.3. The summed E-state index contributed by atoms with van der Waals surface area (Å²) in [6.45, 7) is 3.56. The Morgan fingerprint density at radius 3 is 2.63 bits per heavy atom. The van der Waals surface area contributed by atoms with Crippen LogP contribution in [0.1, 0.15) is 33.5 Å². The molecule has 1 aromatic heterocycles. The van der Waals surface area contributed by atoms with Crippen molar-refractivity contribution < 1.29 is 14.3 Å². The number of hydrogen-bond acceptors (Lipinski definition) is 4. The molecular weight excluding hydrogens is 382 g/mol. The highest BCUT2D eigenvalue weighted by atomic mass is 16.5. The van der Waals surface area contributed by atoms with Crippen LogP contribution >= 0.6 is 0 Å². The molecule has 2 amide bonds. The van der Waals surface area contributed by atoms with Crippen molar-refractivity contribution in [1.29, 1.82) is 0 Å². The molecule has 2 aromatic rings. The third-order valence-corrected chi connectivity index (χ3v) is 6.54. The first-order valence-electron chi connectivity index (χ1n) is 10.4. The van der Waals surface area contributed by atoms with Gasteiger partial charge in [0.15, 0.2) is 0 Å². The lowest BCUT2D eigenvalue weighted by molar-refractivity contribution is -0.132. The van der Waals surface area contributed by atoms with Gasteiger partial charge in [-0.2, -0.15) is 0 Å². The molecule has 7 nitrogen and oxygen atoms in total. The molecule has 2 saturated heterocycles. The van der Waals surface area contributed by atoms with Gasteiger partial charge in [-0.1, -0.05) is 12.1 Å². The zero-order valence-corrected chi connectivity index (χ0v) is 17.3. The second-order valence-electron chi connectivity index (χ2n) is 8.59. The van der Waals surface area contributed by atoms with Crippen LogP contribution < -0.4 is 10.3 Å². The van der Waals surface area contributed by atoms with Gasteiger partial charge in [0.2, 0.25) is 5.91 Å². The minimum atomic E-state index is -0.0932. The summed E-state index contributed by atoms with van der Waals surface area (Å²) in [6.07, 6.45) is 3.70. The highest BCUT2D eigenvalue weighted by Gasteiger charge is 2.47. The minimum Gasteiger partial charge on any atom is -0.493 e. The van der Waals surface area contributed by atoms with E-state index in [4.69, 9.17) is 4.74 Å². The lowest BCUT2D eigenvalue weighted by atomic mass is 10.1. The van der Waals surface area contributed by atoms with Gasteiger partial charge < -0.3 is 19.1 Å². The second-order valence-corrected chi connectivity index (χ2v) is 8.59. The summed E-state index contributed by atoms with van der Waals surface area (Å²) >= 11 is 0. The van der Waals surface area contributed by atoms with Gasteiger partial charge in [-0.3, -0.25) is 14.4 Å². The van der Waals surface area contributed by atoms with Gasteiger partial charge in [0.1, 0.15) is 5.75 Å². The molecule has 7 heteroatoms. The Labute approximate surface area is 174 Å². The number of carbonyl (C=O) groups is 2. The first-order chi connectivity index (χ1) is 14.4. The van der Waals surface area contributed by atoms with Crippen molar-refractivity contribution in [3.8, 4) is 5.75 Å². The van der Waals surface area contributed by atoms with Crippen LogP contribution in [-0.4, -0.2) is 58.0 Å². The number of fused-ring (bicyclic) bond motifs is 3. The molecule has 0 radical (unpaired) electrons. The molecule has 2 fully saturated rings. The summed E-state index contributed by atoms with van der Waals surface area (Å²) in [5.74, 6) is 0.979. The summed E-state index contributed by atoms with van der Waals surface area (Å²) in [6, 6.07) is 7.77. The lowest BCUT2D eigenvalue weighted by Crippen LogP contribution is -2.51. The Balaban J connectivity index is 1.26. The van der Waals surface area contributed by atoms with Crippen molar-refractivity contribution >= 4 is 11.8 Å². The predicted molar refractivity (Wildman–Crippen MR) is 111 cm³/mol. The number of amides is 2. The second kappa shape index (κ2) is 7.00. The smallest absolute Gasteiger partial charge is 0.255 e. The van der Waals surface area contributed by atoms with E-state index in [0.29, 0.717) is 37.2 Å². The van der Waals surface area contributed by atoms with Gasteiger partial charge in [-0.25, -0.2) is 0 Å². The van der Waals surface area contributed by atoms with Crippen LogP contribution in [0.25, 0.3) is 0 Å². The van der Waals surface area contributed by atoms with Gasteiger partial charge in [0.05, 0.1) is 30.7 Å². The van der Waals surface area contributed by atoms with Crippen molar-refractivity contribution in [1.82, 2.24) is 14.4 Å². The molecule has 0 N–H and O–H groups in total. The quantitative estimate of drug-likeness (QED) is 0.769. The first-order valence-corrected chi connectivity index (χ1v) is 10.4.